The average molecular weight is 402 g/mol. The van der Waals surface area contributed by atoms with Gasteiger partial charge in [0.15, 0.2) is 11.5 Å². The first kappa shape index (κ1) is 20.1. The largest absolute Gasteiger partial charge is 0.489 e. The second kappa shape index (κ2) is 9.02. The number of carbonyl (C=O) groups is 1. The van der Waals surface area contributed by atoms with Crippen molar-refractivity contribution in [3.63, 3.8) is 0 Å². The van der Waals surface area contributed by atoms with Crippen LogP contribution in [0.5, 0.6) is 17.2 Å². The smallest absolute Gasteiger partial charge is 0.242 e. The molecule has 2 aromatic carbocycles. The molecule has 0 saturated heterocycles. The van der Waals surface area contributed by atoms with Crippen LogP contribution in [0.4, 0.5) is 5.69 Å². The topological polar surface area (TPSA) is 48.0 Å². The number of rotatable bonds is 8. The predicted molar refractivity (Wildman–Crippen MR) is 111 cm³/mol. The zero-order valence-electron chi connectivity index (χ0n) is 16.1. The van der Waals surface area contributed by atoms with Crippen molar-refractivity contribution in [2.75, 3.05) is 24.2 Å². The number of nitrogens with zero attached hydrogens (tertiary/aromatic N) is 1. The number of halogens is 1. The summed E-state index contributed by atoms with van der Waals surface area (Å²) in [6, 6.07) is 11.4. The SMILES string of the molecule is C=CCOc1c(CN(C(=O)CCl)c2ccc3c(c2)OCO3)cccc1C(C)C. The molecule has 6 heteroatoms. The van der Waals surface area contributed by atoms with E-state index in [1.54, 1.807) is 23.1 Å². The minimum atomic E-state index is -0.204. The molecule has 0 N–H and O–H groups in total. The van der Waals surface area contributed by atoms with E-state index in [0.29, 0.717) is 30.3 Å². The van der Waals surface area contributed by atoms with Crippen LogP contribution >= 0.6 is 11.6 Å². The summed E-state index contributed by atoms with van der Waals surface area (Å²) in [4.78, 5) is 14.3. The zero-order valence-corrected chi connectivity index (χ0v) is 16.9. The van der Waals surface area contributed by atoms with Crippen LogP contribution in [0.1, 0.15) is 30.9 Å². The lowest BCUT2D eigenvalue weighted by atomic mass is 9.98. The van der Waals surface area contributed by atoms with E-state index in [-0.39, 0.29) is 24.5 Å². The van der Waals surface area contributed by atoms with Gasteiger partial charge in [0, 0.05) is 17.3 Å². The molecule has 0 unspecified atom stereocenters. The van der Waals surface area contributed by atoms with E-state index in [4.69, 9.17) is 25.8 Å². The summed E-state index contributed by atoms with van der Waals surface area (Å²) in [6.45, 7) is 8.85. The quantitative estimate of drug-likeness (QED) is 0.467. The Morgan fingerprint density at radius 3 is 2.79 bits per heavy atom. The van der Waals surface area contributed by atoms with Gasteiger partial charge in [0.2, 0.25) is 12.7 Å². The van der Waals surface area contributed by atoms with Crippen LogP contribution in [-0.4, -0.2) is 25.2 Å². The number of anilines is 1. The average Bonchev–Trinajstić information content (AvgIpc) is 3.17. The van der Waals surface area contributed by atoms with Crippen molar-refractivity contribution >= 4 is 23.2 Å². The highest BCUT2D eigenvalue weighted by atomic mass is 35.5. The van der Waals surface area contributed by atoms with Gasteiger partial charge in [-0.2, -0.15) is 0 Å². The Balaban J connectivity index is 1.98. The third-order valence-corrected chi connectivity index (χ3v) is 4.73. The maximum absolute atomic E-state index is 12.6. The van der Waals surface area contributed by atoms with E-state index < -0.39 is 0 Å². The van der Waals surface area contributed by atoms with Gasteiger partial charge in [0.25, 0.3) is 0 Å². The van der Waals surface area contributed by atoms with E-state index in [2.05, 4.69) is 20.4 Å². The predicted octanol–water partition coefficient (Wildman–Crippen LogP) is 4.88. The molecular weight excluding hydrogens is 378 g/mol. The summed E-state index contributed by atoms with van der Waals surface area (Å²) in [6.07, 6.45) is 1.71. The fourth-order valence-electron chi connectivity index (χ4n) is 3.12. The molecule has 0 radical (unpaired) electrons. The maximum Gasteiger partial charge on any atom is 0.242 e. The van der Waals surface area contributed by atoms with Gasteiger partial charge in [-0.05, 0) is 23.6 Å². The maximum atomic E-state index is 12.6. The van der Waals surface area contributed by atoms with Crippen LogP contribution in [0.3, 0.4) is 0 Å². The van der Waals surface area contributed by atoms with Crippen LogP contribution < -0.4 is 19.1 Å². The monoisotopic (exact) mass is 401 g/mol. The lowest BCUT2D eigenvalue weighted by molar-refractivity contribution is -0.116. The summed E-state index contributed by atoms with van der Waals surface area (Å²) in [5.41, 5.74) is 2.69. The van der Waals surface area contributed by atoms with E-state index in [9.17, 15) is 4.79 Å². The number of ether oxygens (including phenoxy) is 3. The Bertz CT molecular complexity index is 866. The molecule has 1 heterocycles. The lowest BCUT2D eigenvalue weighted by Gasteiger charge is -2.25. The summed E-state index contributed by atoms with van der Waals surface area (Å²) in [7, 11) is 0. The highest BCUT2D eigenvalue weighted by Crippen LogP contribution is 2.37. The number of amides is 1. The van der Waals surface area contributed by atoms with Crippen LogP contribution in [-0.2, 0) is 11.3 Å². The van der Waals surface area contributed by atoms with Crippen LogP contribution in [0.25, 0.3) is 0 Å². The number of benzene rings is 2. The molecular formula is C22H24ClNO4. The Kier molecular flexibility index (Phi) is 6.47. The molecule has 0 fully saturated rings. The minimum absolute atomic E-state index is 0.124. The van der Waals surface area contributed by atoms with Crippen LogP contribution in [0, 0.1) is 0 Å². The second-order valence-corrected chi connectivity index (χ2v) is 7.01. The highest BCUT2D eigenvalue weighted by molar-refractivity contribution is 6.29. The van der Waals surface area contributed by atoms with Crippen molar-refractivity contribution in [2.45, 2.75) is 26.3 Å². The lowest BCUT2D eigenvalue weighted by Crippen LogP contribution is -2.31. The van der Waals surface area contributed by atoms with E-state index >= 15 is 0 Å². The van der Waals surface area contributed by atoms with Crippen molar-refractivity contribution in [2.24, 2.45) is 0 Å². The Labute approximate surface area is 170 Å². The molecule has 0 atom stereocenters. The van der Waals surface area contributed by atoms with E-state index in [0.717, 1.165) is 16.9 Å². The van der Waals surface area contributed by atoms with Gasteiger partial charge in [0.1, 0.15) is 18.2 Å². The number of alkyl halides is 1. The van der Waals surface area contributed by atoms with Crippen molar-refractivity contribution in [1.29, 1.82) is 0 Å². The minimum Gasteiger partial charge on any atom is -0.489 e. The summed E-state index contributed by atoms with van der Waals surface area (Å²) in [5, 5.41) is 0. The first-order valence-corrected chi connectivity index (χ1v) is 9.70. The third kappa shape index (κ3) is 4.25. The third-order valence-electron chi connectivity index (χ3n) is 4.51. The van der Waals surface area contributed by atoms with Crippen molar-refractivity contribution in [3.8, 4) is 17.2 Å². The first-order valence-electron chi connectivity index (χ1n) is 9.16. The number of carbonyl (C=O) groups excluding carboxylic acids is 1. The van der Waals surface area contributed by atoms with Gasteiger partial charge in [-0.15, -0.1) is 11.6 Å². The fraction of sp³-hybridized carbons (Fsp3) is 0.318. The van der Waals surface area contributed by atoms with Crippen molar-refractivity contribution in [3.05, 3.63) is 60.2 Å². The van der Waals surface area contributed by atoms with Gasteiger partial charge >= 0.3 is 0 Å². The fourth-order valence-corrected chi connectivity index (χ4v) is 3.27. The summed E-state index contributed by atoms with van der Waals surface area (Å²) in [5.74, 6) is 2.02. The number of para-hydroxylation sites is 1. The number of hydrogen-bond acceptors (Lipinski definition) is 4. The van der Waals surface area contributed by atoms with Gasteiger partial charge in [-0.3, -0.25) is 4.79 Å². The zero-order chi connectivity index (χ0) is 20.1. The molecule has 3 rings (SSSR count). The van der Waals surface area contributed by atoms with E-state index in [1.807, 2.05) is 24.3 Å². The summed E-state index contributed by atoms with van der Waals surface area (Å²) < 4.78 is 16.8. The molecule has 0 aliphatic carbocycles. The molecule has 28 heavy (non-hydrogen) atoms. The Hall–Kier alpha value is -2.66. The van der Waals surface area contributed by atoms with Gasteiger partial charge in [0.05, 0.1) is 6.54 Å². The molecule has 0 bridgehead atoms. The normalized spacial score (nSPS) is 12.1. The molecule has 1 amide bonds. The first-order chi connectivity index (χ1) is 13.5. The Morgan fingerprint density at radius 2 is 2.07 bits per heavy atom. The second-order valence-electron chi connectivity index (χ2n) is 6.74. The Morgan fingerprint density at radius 1 is 1.29 bits per heavy atom. The van der Waals surface area contributed by atoms with Gasteiger partial charge in [-0.25, -0.2) is 0 Å². The van der Waals surface area contributed by atoms with Gasteiger partial charge < -0.3 is 19.1 Å². The van der Waals surface area contributed by atoms with Crippen LogP contribution in [0.2, 0.25) is 0 Å². The molecule has 0 spiro atoms. The van der Waals surface area contributed by atoms with E-state index in [1.165, 1.54) is 0 Å². The standard InChI is InChI=1S/C22H24ClNO4/c1-4-10-26-22-16(6-5-7-18(22)15(2)3)13-24(21(25)12-23)17-8-9-19-20(11-17)28-14-27-19/h4-9,11,15H,1,10,12-14H2,2-3H3. The molecule has 2 aromatic rings. The molecule has 1 aliphatic rings. The molecule has 1 aliphatic heterocycles. The van der Waals surface area contributed by atoms with Crippen LogP contribution in [0.15, 0.2) is 49.1 Å². The highest BCUT2D eigenvalue weighted by Gasteiger charge is 2.22. The molecule has 5 nitrogen and oxygen atoms in total. The molecule has 0 saturated carbocycles. The number of hydrogen-bond donors (Lipinski definition) is 0. The molecule has 148 valence electrons. The van der Waals surface area contributed by atoms with Crippen molar-refractivity contribution < 1.29 is 19.0 Å². The number of fused-ring (bicyclic) bond motifs is 1. The summed E-state index contributed by atoms with van der Waals surface area (Å²) >= 11 is 5.89. The molecule has 0 aromatic heterocycles. The van der Waals surface area contributed by atoms with Crippen molar-refractivity contribution in [1.82, 2.24) is 0 Å². The van der Waals surface area contributed by atoms with Gasteiger partial charge in [-0.1, -0.05) is 44.7 Å².